The molecule has 0 aromatic carbocycles. The van der Waals surface area contributed by atoms with E-state index >= 15 is 0 Å². The van der Waals surface area contributed by atoms with E-state index in [2.05, 4.69) is 31.0 Å². The van der Waals surface area contributed by atoms with E-state index in [1.807, 2.05) is 0 Å². The standard InChI is InChI=1S/C24H50N2O.ClH/c1-4-7-8-9-10-11-12-13-14-15-16-17-18-19-20-21-24(27)25-22-23-26(5-2)6-3;/h4-23H2,1-3H3,(H,25,27);1H. The lowest BCUT2D eigenvalue weighted by atomic mass is 10.0. The summed E-state index contributed by atoms with van der Waals surface area (Å²) in [5, 5.41) is 3.05. The number of amides is 1. The fourth-order valence-corrected chi connectivity index (χ4v) is 3.64. The summed E-state index contributed by atoms with van der Waals surface area (Å²) in [6.07, 6.45) is 21.2. The number of unbranched alkanes of at least 4 members (excludes halogenated alkanes) is 14. The molecule has 0 heterocycles. The molecule has 0 atom stereocenters. The molecule has 0 saturated carbocycles. The van der Waals surface area contributed by atoms with Crippen molar-refractivity contribution in [3.8, 4) is 0 Å². The second kappa shape index (κ2) is 24.8. The molecule has 4 heteroatoms. The van der Waals surface area contributed by atoms with Gasteiger partial charge in [-0.1, -0.05) is 111 Å². The third kappa shape index (κ3) is 22.0. The summed E-state index contributed by atoms with van der Waals surface area (Å²) in [6.45, 7) is 10.5. The molecule has 170 valence electrons. The van der Waals surface area contributed by atoms with Crippen LogP contribution in [0.25, 0.3) is 0 Å². The minimum atomic E-state index is 0. The Balaban J connectivity index is 0. The molecule has 0 radical (unpaired) electrons. The van der Waals surface area contributed by atoms with Gasteiger partial charge in [0.05, 0.1) is 0 Å². The highest BCUT2D eigenvalue weighted by atomic mass is 35.5. The van der Waals surface area contributed by atoms with E-state index in [-0.39, 0.29) is 18.3 Å². The Labute approximate surface area is 183 Å². The summed E-state index contributed by atoms with van der Waals surface area (Å²) < 4.78 is 0. The molecule has 0 aromatic heterocycles. The van der Waals surface area contributed by atoms with Crippen LogP contribution < -0.4 is 5.32 Å². The number of halogens is 1. The van der Waals surface area contributed by atoms with Crippen LogP contribution in [0.15, 0.2) is 0 Å². The van der Waals surface area contributed by atoms with Crippen molar-refractivity contribution in [2.24, 2.45) is 0 Å². The number of likely N-dealkylation sites (N-methyl/N-ethyl adjacent to an activating group) is 1. The monoisotopic (exact) mass is 418 g/mol. The summed E-state index contributed by atoms with van der Waals surface area (Å²) in [5.74, 6) is 0.233. The second-order valence-electron chi connectivity index (χ2n) is 8.08. The molecule has 0 aliphatic heterocycles. The Bertz CT molecular complexity index is 309. The van der Waals surface area contributed by atoms with Gasteiger partial charge in [-0.25, -0.2) is 0 Å². The SMILES string of the molecule is CCCCCCCCCCCCCCCCCC(=O)NCCN(CC)CC.Cl. The van der Waals surface area contributed by atoms with Crippen LogP contribution in [-0.2, 0) is 4.79 Å². The van der Waals surface area contributed by atoms with Crippen LogP contribution in [0.1, 0.15) is 124 Å². The first kappa shape index (κ1) is 29.9. The lowest BCUT2D eigenvalue weighted by molar-refractivity contribution is -0.121. The summed E-state index contributed by atoms with van der Waals surface area (Å²) in [4.78, 5) is 14.1. The fourth-order valence-electron chi connectivity index (χ4n) is 3.64. The highest BCUT2D eigenvalue weighted by Crippen LogP contribution is 2.13. The van der Waals surface area contributed by atoms with Gasteiger partial charge in [0, 0.05) is 19.5 Å². The minimum Gasteiger partial charge on any atom is -0.355 e. The number of hydrogen-bond donors (Lipinski definition) is 1. The molecule has 0 rings (SSSR count). The van der Waals surface area contributed by atoms with Gasteiger partial charge in [0.2, 0.25) is 5.91 Å². The maximum absolute atomic E-state index is 11.8. The van der Waals surface area contributed by atoms with Crippen molar-refractivity contribution in [1.29, 1.82) is 0 Å². The summed E-state index contributed by atoms with van der Waals surface area (Å²) in [5.41, 5.74) is 0. The van der Waals surface area contributed by atoms with Crippen LogP contribution >= 0.6 is 12.4 Å². The predicted molar refractivity (Wildman–Crippen MR) is 128 cm³/mol. The van der Waals surface area contributed by atoms with E-state index in [1.54, 1.807) is 0 Å². The van der Waals surface area contributed by atoms with Crippen molar-refractivity contribution in [3.63, 3.8) is 0 Å². The lowest BCUT2D eigenvalue weighted by Crippen LogP contribution is -2.34. The molecular formula is C24H51ClN2O. The first-order valence-electron chi connectivity index (χ1n) is 12.2. The van der Waals surface area contributed by atoms with Crippen LogP contribution in [0.4, 0.5) is 0 Å². The number of carbonyl (C=O) groups excluding carboxylic acids is 1. The molecule has 0 aromatic rings. The quantitative estimate of drug-likeness (QED) is 0.201. The van der Waals surface area contributed by atoms with Crippen LogP contribution in [-0.4, -0.2) is 37.0 Å². The van der Waals surface area contributed by atoms with Crippen molar-refractivity contribution in [1.82, 2.24) is 10.2 Å². The maximum atomic E-state index is 11.8. The summed E-state index contributed by atoms with van der Waals surface area (Å²) >= 11 is 0. The van der Waals surface area contributed by atoms with Gasteiger partial charge in [0.1, 0.15) is 0 Å². The number of rotatable bonds is 21. The average molecular weight is 419 g/mol. The summed E-state index contributed by atoms with van der Waals surface area (Å²) in [6, 6.07) is 0. The second-order valence-corrected chi connectivity index (χ2v) is 8.08. The third-order valence-corrected chi connectivity index (χ3v) is 5.65. The molecule has 0 bridgehead atoms. The Morgan fingerprint density at radius 3 is 1.43 bits per heavy atom. The highest BCUT2D eigenvalue weighted by Gasteiger charge is 2.02. The van der Waals surface area contributed by atoms with E-state index in [0.29, 0.717) is 6.42 Å². The van der Waals surface area contributed by atoms with Gasteiger partial charge in [0.15, 0.2) is 0 Å². The van der Waals surface area contributed by atoms with E-state index < -0.39 is 0 Å². The molecule has 28 heavy (non-hydrogen) atoms. The zero-order chi connectivity index (χ0) is 20.0. The highest BCUT2D eigenvalue weighted by molar-refractivity contribution is 5.85. The number of hydrogen-bond acceptors (Lipinski definition) is 2. The van der Waals surface area contributed by atoms with Gasteiger partial charge < -0.3 is 10.2 Å². The lowest BCUT2D eigenvalue weighted by Gasteiger charge is -2.17. The largest absolute Gasteiger partial charge is 0.355 e. The summed E-state index contributed by atoms with van der Waals surface area (Å²) in [7, 11) is 0. The Morgan fingerprint density at radius 1 is 0.643 bits per heavy atom. The van der Waals surface area contributed by atoms with Crippen molar-refractivity contribution in [2.45, 2.75) is 124 Å². The van der Waals surface area contributed by atoms with Crippen LogP contribution in [0.2, 0.25) is 0 Å². The molecule has 3 nitrogen and oxygen atoms in total. The van der Waals surface area contributed by atoms with Crippen molar-refractivity contribution < 1.29 is 4.79 Å². The van der Waals surface area contributed by atoms with Crippen LogP contribution in [0.5, 0.6) is 0 Å². The van der Waals surface area contributed by atoms with E-state index in [4.69, 9.17) is 0 Å². The molecule has 1 N–H and O–H groups in total. The Morgan fingerprint density at radius 2 is 1.04 bits per heavy atom. The van der Waals surface area contributed by atoms with Crippen molar-refractivity contribution in [2.75, 3.05) is 26.2 Å². The molecule has 0 saturated heterocycles. The smallest absolute Gasteiger partial charge is 0.220 e. The first-order valence-corrected chi connectivity index (χ1v) is 12.2. The number of nitrogens with zero attached hydrogens (tertiary/aromatic N) is 1. The number of carbonyl (C=O) groups is 1. The zero-order valence-corrected chi connectivity index (χ0v) is 20.2. The maximum Gasteiger partial charge on any atom is 0.220 e. The van der Waals surface area contributed by atoms with E-state index in [0.717, 1.165) is 32.6 Å². The fraction of sp³-hybridized carbons (Fsp3) is 0.958. The topological polar surface area (TPSA) is 32.3 Å². The van der Waals surface area contributed by atoms with Gasteiger partial charge in [-0.3, -0.25) is 4.79 Å². The molecule has 0 aliphatic carbocycles. The predicted octanol–water partition coefficient (Wildman–Crippen LogP) is 7.13. The molecule has 1 amide bonds. The molecule has 0 fully saturated rings. The van der Waals surface area contributed by atoms with Crippen molar-refractivity contribution >= 4 is 18.3 Å². The Hall–Kier alpha value is -0.280. The van der Waals surface area contributed by atoms with Gasteiger partial charge in [-0.05, 0) is 19.5 Å². The molecule has 0 unspecified atom stereocenters. The van der Waals surface area contributed by atoms with Gasteiger partial charge >= 0.3 is 0 Å². The zero-order valence-electron chi connectivity index (χ0n) is 19.4. The molecular weight excluding hydrogens is 368 g/mol. The first-order chi connectivity index (χ1) is 13.2. The van der Waals surface area contributed by atoms with Crippen LogP contribution in [0.3, 0.4) is 0 Å². The van der Waals surface area contributed by atoms with Gasteiger partial charge in [-0.15, -0.1) is 12.4 Å². The van der Waals surface area contributed by atoms with Crippen LogP contribution in [0, 0.1) is 0 Å². The van der Waals surface area contributed by atoms with Crippen molar-refractivity contribution in [3.05, 3.63) is 0 Å². The third-order valence-electron chi connectivity index (χ3n) is 5.65. The van der Waals surface area contributed by atoms with E-state index in [1.165, 1.54) is 89.9 Å². The Kier molecular flexibility index (Phi) is 26.5. The molecule has 0 spiro atoms. The molecule has 0 aliphatic rings. The van der Waals surface area contributed by atoms with E-state index in [9.17, 15) is 4.79 Å². The average Bonchev–Trinajstić information content (AvgIpc) is 2.68. The number of nitrogens with one attached hydrogen (secondary N) is 1. The normalized spacial score (nSPS) is 10.9. The van der Waals surface area contributed by atoms with Gasteiger partial charge in [-0.2, -0.15) is 0 Å². The van der Waals surface area contributed by atoms with Gasteiger partial charge in [0.25, 0.3) is 0 Å². The minimum absolute atomic E-state index is 0.